The van der Waals surface area contributed by atoms with Crippen molar-refractivity contribution in [3.63, 3.8) is 0 Å². The fraction of sp³-hybridized carbons (Fsp3) is 0.500. The summed E-state index contributed by atoms with van der Waals surface area (Å²) in [6.07, 6.45) is 2.59. The second-order valence-corrected chi connectivity index (χ2v) is 9.60. The third kappa shape index (κ3) is 8.05. The SMILES string of the molecule is CCCCOCC(O)COc1c2ccccc2c(OCC(O)COCCCC)c2cc(Br)ccc12. The summed E-state index contributed by atoms with van der Waals surface area (Å²) in [6, 6.07) is 13.8. The molecule has 2 unspecified atom stereocenters. The molecule has 2 N–H and O–H groups in total. The molecule has 0 spiro atoms. The lowest BCUT2D eigenvalue weighted by molar-refractivity contribution is 0.0115. The molecule has 0 saturated heterocycles. The van der Waals surface area contributed by atoms with Gasteiger partial charge in [-0.1, -0.05) is 66.9 Å². The van der Waals surface area contributed by atoms with E-state index < -0.39 is 12.2 Å². The molecule has 0 saturated carbocycles. The van der Waals surface area contributed by atoms with E-state index >= 15 is 0 Å². The van der Waals surface area contributed by atoms with Gasteiger partial charge >= 0.3 is 0 Å². The highest BCUT2D eigenvalue weighted by molar-refractivity contribution is 9.10. The lowest BCUT2D eigenvalue weighted by Crippen LogP contribution is -2.24. The number of rotatable bonds is 16. The van der Waals surface area contributed by atoms with Gasteiger partial charge in [0.15, 0.2) is 0 Å². The Balaban J connectivity index is 1.84. The number of halogens is 1. The second-order valence-electron chi connectivity index (χ2n) is 8.68. The molecule has 3 rings (SSSR count). The highest BCUT2D eigenvalue weighted by Crippen LogP contribution is 2.43. The highest BCUT2D eigenvalue weighted by atomic mass is 79.9. The first-order valence-electron chi connectivity index (χ1n) is 12.5. The van der Waals surface area contributed by atoms with Crippen LogP contribution in [0.3, 0.4) is 0 Å². The summed E-state index contributed by atoms with van der Waals surface area (Å²) in [7, 11) is 0. The van der Waals surface area contributed by atoms with Gasteiger partial charge in [-0.2, -0.15) is 0 Å². The van der Waals surface area contributed by atoms with Gasteiger partial charge in [-0.3, -0.25) is 0 Å². The van der Waals surface area contributed by atoms with Crippen LogP contribution in [0.4, 0.5) is 0 Å². The zero-order valence-corrected chi connectivity index (χ0v) is 22.3. The van der Waals surface area contributed by atoms with Crippen LogP contribution < -0.4 is 9.47 Å². The summed E-state index contributed by atoms with van der Waals surface area (Å²) in [4.78, 5) is 0. The average Bonchev–Trinajstić information content (AvgIpc) is 2.86. The van der Waals surface area contributed by atoms with Crippen molar-refractivity contribution in [2.24, 2.45) is 0 Å². The molecule has 35 heavy (non-hydrogen) atoms. The van der Waals surface area contributed by atoms with E-state index in [1.165, 1.54) is 0 Å². The van der Waals surface area contributed by atoms with Crippen molar-refractivity contribution >= 4 is 37.5 Å². The molecule has 0 aliphatic heterocycles. The number of unbranched alkanes of at least 4 members (excludes halogenated alkanes) is 2. The van der Waals surface area contributed by atoms with E-state index in [0.29, 0.717) is 24.7 Å². The number of hydrogen-bond donors (Lipinski definition) is 2. The van der Waals surface area contributed by atoms with Crippen LogP contribution >= 0.6 is 15.9 Å². The maximum Gasteiger partial charge on any atom is 0.135 e. The molecule has 2 atom stereocenters. The fourth-order valence-electron chi connectivity index (χ4n) is 3.77. The number of aliphatic hydroxyl groups is 2. The molecule has 0 aliphatic rings. The van der Waals surface area contributed by atoms with E-state index in [4.69, 9.17) is 18.9 Å². The van der Waals surface area contributed by atoms with Crippen molar-refractivity contribution in [3.05, 3.63) is 46.9 Å². The Hall–Kier alpha value is -1.90. The van der Waals surface area contributed by atoms with E-state index in [2.05, 4.69) is 29.8 Å². The molecule has 0 aliphatic carbocycles. The van der Waals surface area contributed by atoms with Crippen LogP contribution in [0.2, 0.25) is 0 Å². The van der Waals surface area contributed by atoms with E-state index in [-0.39, 0.29) is 26.4 Å². The summed E-state index contributed by atoms with van der Waals surface area (Å²) >= 11 is 3.57. The van der Waals surface area contributed by atoms with Crippen LogP contribution in [0.1, 0.15) is 39.5 Å². The maximum atomic E-state index is 10.4. The summed E-state index contributed by atoms with van der Waals surface area (Å²) < 4.78 is 24.4. The minimum Gasteiger partial charge on any atom is -0.489 e. The molecule has 0 radical (unpaired) electrons. The Morgan fingerprint density at radius 1 is 0.686 bits per heavy atom. The smallest absolute Gasteiger partial charge is 0.135 e. The fourth-order valence-corrected chi connectivity index (χ4v) is 4.13. The van der Waals surface area contributed by atoms with Crippen LogP contribution in [0.25, 0.3) is 21.5 Å². The van der Waals surface area contributed by atoms with Crippen molar-refractivity contribution in [1.29, 1.82) is 0 Å². The molecular formula is C28H37BrO6. The standard InChI is InChI=1S/C28H37BrO6/c1-3-5-13-32-16-21(30)18-34-27-23-9-7-8-10-24(23)28(26-15-20(29)11-12-25(26)27)35-19-22(31)17-33-14-6-4-2/h7-12,15,21-22,30-31H,3-6,13-14,16-19H2,1-2H3. The quantitative estimate of drug-likeness (QED) is 0.172. The van der Waals surface area contributed by atoms with E-state index in [0.717, 1.165) is 51.7 Å². The van der Waals surface area contributed by atoms with Crippen LogP contribution in [-0.4, -0.2) is 62.1 Å². The average molecular weight is 550 g/mol. The molecule has 3 aromatic rings. The van der Waals surface area contributed by atoms with Crippen LogP contribution in [0.5, 0.6) is 11.5 Å². The van der Waals surface area contributed by atoms with Crippen molar-refractivity contribution in [3.8, 4) is 11.5 Å². The van der Waals surface area contributed by atoms with Gasteiger partial charge in [-0.05, 0) is 31.0 Å². The third-order valence-corrected chi connectivity index (χ3v) is 6.13. The molecule has 3 aromatic carbocycles. The Labute approximate surface area is 216 Å². The zero-order valence-electron chi connectivity index (χ0n) is 20.7. The first kappa shape index (κ1) is 27.7. The van der Waals surface area contributed by atoms with Crippen LogP contribution in [0, 0.1) is 0 Å². The Kier molecular flexibility index (Phi) is 11.6. The Bertz CT molecular complexity index is 1060. The molecule has 0 bridgehead atoms. The second kappa shape index (κ2) is 14.6. The van der Waals surface area contributed by atoms with Crippen molar-refractivity contribution in [1.82, 2.24) is 0 Å². The first-order valence-corrected chi connectivity index (χ1v) is 13.3. The summed E-state index contributed by atoms with van der Waals surface area (Å²) in [6.45, 7) is 6.18. The highest BCUT2D eigenvalue weighted by Gasteiger charge is 2.18. The van der Waals surface area contributed by atoms with Crippen LogP contribution in [-0.2, 0) is 9.47 Å². The lowest BCUT2D eigenvalue weighted by Gasteiger charge is -2.20. The molecule has 7 heteroatoms. The van der Waals surface area contributed by atoms with Gasteiger partial charge < -0.3 is 29.2 Å². The first-order chi connectivity index (χ1) is 17.0. The maximum absolute atomic E-state index is 10.4. The minimum absolute atomic E-state index is 0.117. The molecule has 0 fully saturated rings. The van der Waals surface area contributed by atoms with E-state index in [1.807, 2.05) is 42.5 Å². The van der Waals surface area contributed by atoms with Gasteiger partial charge in [0, 0.05) is 39.2 Å². The minimum atomic E-state index is -0.730. The Morgan fingerprint density at radius 2 is 1.17 bits per heavy atom. The molecule has 0 heterocycles. The summed E-state index contributed by atoms with van der Waals surface area (Å²) in [5, 5.41) is 24.3. The molecular weight excluding hydrogens is 512 g/mol. The van der Waals surface area contributed by atoms with E-state index in [1.54, 1.807) is 0 Å². The topological polar surface area (TPSA) is 77.4 Å². The molecule has 0 aromatic heterocycles. The molecule has 192 valence electrons. The summed E-state index contributed by atoms with van der Waals surface area (Å²) in [5.41, 5.74) is 0. The van der Waals surface area contributed by atoms with Gasteiger partial charge in [0.1, 0.15) is 36.9 Å². The summed E-state index contributed by atoms with van der Waals surface area (Å²) in [5.74, 6) is 1.37. The van der Waals surface area contributed by atoms with Crippen LogP contribution in [0.15, 0.2) is 46.9 Å². The normalized spacial score (nSPS) is 13.3. The van der Waals surface area contributed by atoms with E-state index in [9.17, 15) is 10.2 Å². The molecule has 0 amide bonds. The monoisotopic (exact) mass is 548 g/mol. The van der Waals surface area contributed by atoms with Crippen molar-refractivity contribution < 1.29 is 29.2 Å². The third-order valence-electron chi connectivity index (χ3n) is 5.63. The van der Waals surface area contributed by atoms with Gasteiger partial charge in [0.25, 0.3) is 0 Å². The van der Waals surface area contributed by atoms with Crippen molar-refractivity contribution in [2.75, 3.05) is 39.6 Å². The predicted molar refractivity (Wildman–Crippen MR) is 144 cm³/mol. The number of aliphatic hydroxyl groups excluding tert-OH is 2. The van der Waals surface area contributed by atoms with Gasteiger partial charge in [-0.15, -0.1) is 0 Å². The predicted octanol–water partition coefficient (Wildman–Crippen LogP) is 5.87. The zero-order chi connectivity index (χ0) is 25.0. The largest absolute Gasteiger partial charge is 0.489 e. The van der Waals surface area contributed by atoms with Crippen molar-refractivity contribution in [2.45, 2.75) is 51.7 Å². The van der Waals surface area contributed by atoms with Gasteiger partial charge in [0.05, 0.1) is 13.2 Å². The number of benzene rings is 3. The lowest BCUT2D eigenvalue weighted by atomic mass is 10.0. The van der Waals surface area contributed by atoms with Gasteiger partial charge in [0.2, 0.25) is 0 Å². The Morgan fingerprint density at radius 3 is 1.69 bits per heavy atom. The number of hydrogen-bond acceptors (Lipinski definition) is 6. The number of fused-ring (bicyclic) bond motifs is 2. The molecule has 6 nitrogen and oxygen atoms in total. The van der Waals surface area contributed by atoms with Gasteiger partial charge in [-0.25, -0.2) is 0 Å². The number of ether oxygens (including phenoxy) is 4.